The molecule has 2 bridgehead atoms. The molecular weight excluding hydrogens is 602 g/mol. The fraction of sp³-hybridized carbons (Fsp3) is 0.474. The molecular formula is C38H41N7O3. The molecule has 4 aliphatic heterocycles. The number of hydrogen-bond donors (Lipinski definition) is 1. The van der Waals surface area contributed by atoms with Crippen LogP contribution in [0.15, 0.2) is 67.1 Å². The Morgan fingerprint density at radius 2 is 1.79 bits per heavy atom. The van der Waals surface area contributed by atoms with Gasteiger partial charge in [0.15, 0.2) is 5.78 Å². The maximum Gasteiger partial charge on any atom is 0.157 e. The van der Waals surface area contributed by atoms with E-state index in [2.05, 4.69) is 62.3 Å². The van der Waals surface area contributed by atoms with Crippen LogP contribution in [0.1, 0.15) is 43.2 Å². The molecule has 10 rings (SSSR count). The van der Waals surface area contributed by atoms with E-state index >= 15 is 0 Å². The molecule has 6 aliphatic rings. The summed E-state index contributed by atoms with van der Waals surface area (Å²) in [6, 6.07) is 19.6. The average Bonchev–Trinajstić information content (AvgIpc) is 3.65. The van der Waals surface area contributed by atoms with Gasteiger partial charge in [-0.3, -0.25) is 14.6 Å². The largest absolute Gasteiger partial charge is 0.491 e. The van der Waals surface area contributed by atoms with Gasteiger partial charge in [-0.25, -0.2) is 9.50 Å². The molecule has 1 N–H and O–H groups in total. The average molecular weight is 644 g/mol. The smallest absolute Gasteiger partial charge is 0.157 e. The molecule has 4 aromatic rings. The molecule has 246 valence electrons. The first-order chi connectivity index (χ1) is 23.5. The Morgan fingerprint density at radius 1 is 1.02 bits per heavy atom. The topological polar surface area (TPSA) is 110 Å². The van der Waals surface area contributed by atoms with Crippen molar-refractivity contribution >= 4 is 17.1 Å². The van der Waals surface area contributed by atoms with Crippen LogP contribution in [0.4, 0.5) is 5.82 Å². The lowest BCUT2D eigenvalue weighted by Gasteiger charge is -2.57. The van der Waals surface area contributed by atoms with Gasteiger partial charge >= 0.3 is 0 Å². The standard InChI is InChI=1S/C38H41N7O3/c39-16-26-18-41-45-21-30(48-13-12-42-22-32-33(23-42)37(32)47)15-31(36(26)45)25-8-9-35(40-17-25)43-19-28-14-29(20-43)44(28)24-34(46)38(10-4-5-11-38)27-6-2-1-3-7-27/h1-3,6-9,15,17-18,21,28-29,32-33,37,47H,4-5,10-14,19-20,22-24H2. The van der Waals surface area contributed by atoms with E-state index in [4.69, 9.17) is 9.72 Å². The van der Waals surface area contributed by atoms with Crippen LogP contribution in [0.25, 0.3) is 16.6 Å². The molecule has 48 heavy (non-hydrogen) atoms. The third kappa shape index (κ3) is 4.99. The first kappa shape index (κ1) is 29.8. The van der Waals surface area contributed by atoms with Crippen LogP contribution in [0.5, 0.6) is 5.75 Å². The molecule has 4 saturated heterocycles. The summed E-state index contributed by atoms with van der Waals surface area (Å²) in [7, 11) is 0. The minimum Gasteiger partial charge on any atom is -0.491 e. The van der Waals surface area contributed by atoms with Crippen molar-refractivity contribution in [3.8, 4) is 22.9 Å². The van der Waals surface area contributed by atoms with Gasteiger partial charge in [-0.1, -0.05) is 43.2 Å². The number of piperidine rings is 2. The van der Waals surface area contributed by atoms with E-state index in [0.29, 0.717) is 54.2 Å². The predicted octanol–water partition coefficient (Wildman–Crippen LogP) is 3.91. The van der Waals surface area contributed by atoms with Gasteiger partial charge in [-0.2, -0.15) is 10.4 Å². The number of hydrogen-bond acceptors (Lipinski definition) is 9. The Kier molecular flexibility index (Phi) is 7.26. The summed E-state index contributed by atoms with van der Waals surface area (Å²) in [5.41, 5.74) is 3.87. The first-order valence-corrected chi connectivity index (χ1v) is 17.5. The minimum absolute atomic E-state index is 0.110. The summed E-state index contributed by atoms with van der Waals surface area (Å²) in [6.45, 7) is 5.48. The maximum atomic E-state index is 13.9. The number of pyridine rings is 2. The van der Waals surface area contributed by atoms with E-state index in [-0.39, 0.29) is 11.5 Å². The number of aromatic nitrogens is 3. The number of benzene rings is 1. The van der Waals surface area contributed by atoms with Crippen molar-refractivity contribution in [2.45, 2.75) is 55.7 Å². The highest BCUT2D eigenvalue weighted by Crippen LogP contribution is 2.45. The van der Waals surface area contributed by atoms with Gasteiger partial charge in [0.2, 0.25) is 0 Å². The summed E-state index contributed by atoms with van der Waals surface area (Å²) in [6.07, 6.45) is 10.5. The third-order valence-corrected chi connectivity index (χ3v) is 12.0. The van der Waals surface area contributed by atoms with Crippen molar-refractivity contribution in [3.05, 3.63) is 78.2 Å². The SMILES string of the molecule is N#Cc1cnn2cc(OCCN3CC4C(O)C4C3)cc(-c3ccc(N4CC5CC(C4)N5CC(=O)C4(c5ccccc5)CCCC4)nc3)c12. The van der Waals surface area contributed by atoms with Crippen LogP contribution in [0, 0.1) is 23.2 Å². The van der Waals surface area contributed by atoms with E-state index in [1.807, 2.05) is 24.5 Å². The maximum absolute atomic E-state index is 13.9. The van der Waals surface area contributed by atoms with Crippen molar-refractivity contribution in [3.63, 3.8) is 0 Å². The predicted molar refractivity (Wildman–Crippen MR) is 181 cm³/mol. The summed E-state index contributed by atoms with van der Waals surface area (Å²) >= 11 is 0. The Bertz CT molecular complexity index is 1860. The van der Waals surface area contributed by atoms with Gasteiger partial charge in [0, 0.05) is 74.0 Å². The number of piperazine rings is 1. The summed E-state index contributed by atoms with van der Waals surface area (Å²) in [5.74, 6) is 2.88. The van der Waals surface area contributed by atoms with Crippen molar-refractivity contribution in [1.29, 1.82) is 5.26 Å². The number of ether oxygens (including phenoxy) is 1. The molecule has 0 amide bonds. The molecule has 0 radical (unpaired) electrons. The number of Topliss-reactive ketones (excluding diaryl/α,β-unsaturated/α-hetero) is 1. The monoisotopic (exact) mass is 643 g/mol. The summed E-state index contributed by atoms with van der Waals surface area (Å²) in [5, 5.41) is 24.1. The van der Waals surface area contributed by atoms with Gasteiger partial charge in [-0.05, 0) is 43.0 Å². The number of likely N-dealkylation sites (tertiary alicyclic amines) is 1. The number of carbonyl (C=O) groups excluding carboxylic acids is 1. The lowest BCUT2D eigenvalue weighted by Crippen LogP contribution is -2.70. The van der Waals surface area contributed by atoms with Crippen LogP contribution in [0.2, 0.25) is 0 Å². The van der Waals surface area contributed by atoms with Crippen LogP contribution < -0.4 is 9.64 Å². The van der Waals surface area contributed by atoms with Crippen LogP contribution in [-0.4, -0.2) is 99.4 Å². The lowest BCUT2D eigenvalue weighted by atomic mass is 9.74. The second-order valence-electron chi connectivity index (χ2n) is 14.6. The summed E-state index contributed by atoms with van der Waals surface area (Å²) < 4.78 is 7.91. The van der Waals surface area contributed by atoms with Gasteiger partial charge < -0.3 is 14.7 Å². The van der Waals surface area contributed by atoms with Gasteiger partial charge in [0.1, 0.15) is 24.2 Å². The molecule has 2 aliphatic carbocycles. The second kappa shape index (κ2) is 11.7. The third-order valence-electron chi connectivity index (χ3n) is 12.0. The first-order valence-electron chi connectivity index (χ1n) is 17.5. The van der Waals surface area contributed by atoms with E-state index in [1.54, 1.807) is 10.7 Å². The van der Waals surface area contributed by atoms with Gasteiger partial charge in [0.25, 0.3) is 0 Å². The molecule has 4 atom stereocenters. The molecule has 7 heterocycles. The molecule has 0 spiro atoms. The zero-order chi connectivity index (χ0) is 32.4. The molecule has 10 nitrogen and oxygen atoms in total. The number of nitriles is 1. The van der Waals surface area contributed by atoms with Crippen LogP contribution in [0.3, 0.4) is 0 Å². The van der Waals surface area contributed by atoms with Crippen molar-refractivity contribution in [1.82, 2.24) is 24.4 Å². The fourth-order valence-corrected chi connectivity index (χ4v) is 9.18. The number of rotatable bonds is 10. The molecule has 10 heteroatoms. The Balaban J connectivity index is 0.877. The van der Waals surface area contributed by atoms with Crippen molar-refractivity contribution in [2.75, 3.05) is 50.8 Å². The molecule has 1 aromatic carbocycles. The van der Waals surface area contributed by atoms with Crippen LogP contribution in [-0.2, 0) is 10.2 Å². The van der Waals surface area contributed by atoms with Gasteiger partial charge in [0.05, 0.1) is 41.5 Å². The normalized spacial score (nSPS) is 27.4. The second-order valence-corrected chi connectivity index (χ2v) is 14.6. The zero-order valence-corrected chi connectivity index (χ0v) is 27.1. The van der Waals surface area contributed by atoms with Crippen molar-refractivity contribution in [2.24, 2.45) is 11.8 Å². The highest BCUT2D eigenvalue weighted by molar-refractivity contribution is 5.92. The van der Waals surface area contributed by atoms with E-state index in [9.17, 15) is 15.2 Å². The summed E-state index contributed by atoms with van der Waals surface area (Å²) in [4.78, 5) is 25.9. The number of aliphatic hydroxyl groups is 1. The molecule has 3 aromatic heterocycles. The molecule has 6 fully saturated rings. The van der Waals surface area contributed by atoms with Crippen LogP contribution >= 0.6 is 0 Å². The fourth-order valence-electron chi connectivity index (χ4n) is 9.18. The lowest BCUT2D eigenvalue weighted by molar-refractivity contribution is -0.130. The molecule has 2 saturated carbocycles. The number of aliphatic hydroxyl groups excluding tert-OH is 1. The zero-order valence-electron chi connectivity index (χ0n) is 27.1. The Hall–Kier alpha value is -4.30. The molecule has 4 unspecified atom stereocenters. The number of nitrogens with zero attached hydrogens (tertiary/aromatic N) is 7. The number of ketones is 1. The highest BCUT2D eigenvalue weighted by Gasteiger charge is 2.54. The number of fused-ring (bicyclic) bond motifs is 4. The highest BCUT2D eigenvalue weighted by atomic mass is 16.5. The van der Waals surface area contributed by atoms with E-state index in [0.717, 1.165) is 87.3 Å². The Morgan fingerprint density at radius 3 is 2.50 bits per heavy atom. The van der Waals surface area contributed by atoms with Gasteiger partial charge in [-0.15, -0.1) is 0 Å². The van der Waals surface area contributed by atoms with E-state index in [1.165, 1.54) is 5.56 Å². The quantitative estimate of drug-likeness (QED) is 0.275. The van der Waals surface area contributed by atoms with E-state index < -0.39 is 0 Å². The number of carbonyl (C=O) groups is 1. The Labute approximate surface area is 280 Å². The van der Waals surface area contributed by atoms with Crippen molar-refractivity contribution < 1.29 is 14.6 Å². The number of anilines is 1. The minimum atomic E-state index is -0.324.